The molecular formula is C51H30N6O. The Labute approximate surface area is 335 Å². The number of para-hydroxylation sites is 6. The first-order valence-corrected chi connectivity index (χ1v) is 19.1. The molecule has 8 aromatic carbocycles. The van der Waals surface area contributed by atoms with Crippen LogP contribution >= 0.6 is 0 Å². The highest BCUT2D eigenvalue weighted by molar-refractivity contribution is 6.24. The Hall–Kier alpha value is -8.03. The summed E-state index contributed by atoms with van der Waals surface area (Å²) >= 11 is 0. The second-order valence-corrected chi connectivity index (χ2v) is 14.5. The SMILES string of the molecule is [2H]c1c([2H])c([2H])c2c(c1[2H])c1ccccc1n2-c1nc(-c2cccc(-n3c4ccccc4c4ccc5oc6ccccc6c5c43)c2)nc(-n2c3ccccc3c3ccccc32)n1. The Morgan fingerprint density at radius 1 is 0.414 bits per heavy atom. The quantitative estimate of drug-likeness (QED) is 0.180. The summed E-state index contributed by atoms with van der Waals surface area (Å²) < 4.78 is 48.0. The van der Waals surface area contributed by atoms with Crippen LogP contribution in [0.4, 0.5) is 0 Å². The molecule has 0 fully saturated rings. The summed E-state index contributed by atoms with van der Waals surface area (Å²) in [6, 6.07) is 51.9. The van der Waals surface area contributed by atoms with Crippen molar-refractivity contribution in [3.8, 4) is 29.0 Å². The Morgan fingerprint density at radius 2 is 0.966 bits per heavy atom. The van der Waals surface area contributed by atoms with Crippen molar-refractivity contribution in [1.29, 1.82) is 0 Å². The van der Waals surface area contributed by atoms with Crippen LogP contribution in [0.15, 0.2) is 186 Å². The number of aromatic nitrogens is 6. The fourth-order valence-corrected chi connectivity index (χ4v) is 9.02. The van der Waals surface area contributed by atoms with E-state index < -0.39 is 0 Å². The molecule has 0 unspecified atom stereocenters. The van der Waals surface area contributed by atoms with Gasteiger partial charge < -0.3 is 8.98 Å². The average Bonchev–Trinajstić information content (AvgIpc) is 4.06. The second-order valence-electron chi connectivity index (χ2n) is 14.5. The first-order valence-electron chi connectivity index (χ1n) is 21.1. The Balaban J connectivity index is 1.13. The number of rotatable bonds is 4. The van der Waals surface area contributed by atoms with Crippen molar-refractivity contribution in [3.05, 3.63) is 182 Å². The average molecular weight is 747 g/mol. The van der Waals surface area contributed by atoms with Gasteiger partial charge in [-0.05, 0) is 60.6 Å². The van der Waals surface area contributed by atoms with E-state index in [1.165, 1.54) is 0 Å². The lowest BCUT2D eigenvalue weighted by Gasteiger charge is -2.14. The van der Waals surface area contributed by atoms with E-state index in [1.54, 1.807) is 4.57 Å². The summed E-state index contributed by atoms with van der Waals surface area (Å²) in [5, 5.41) is 7.46. The van der Waals surface area contributed by atoms with Crippen molar-refractivity contribution in [2.45, 2.75) is 0 Å². The fraction of sp³-hybridized carbons (Fsp3) is 0. The molecular weight excluding hydrogens is 713 g/mol. The van der Waals surface area contributed by atoms with E-state index in [4.69, 9.17) is 23.5 Å². The van der Waals surface area contributed by atoms with E-state index in [9.17, 15) is 1.37 Å². The molecule has 7 heteroatoms. The van der Waals surface area contributed by atoms with Crippen LogP contribution in [0.1, 0.15) is 5.48 Å². The van der Waals surface area contributed by atoms with E-state index in [0.29, 0.717) is 28.1 Å². The minimum Gasteiger partial charge on any atom is -0.456 e. The maximum Gasteiger partial charge on any atom is 0.240 e. The van der Waals surface area contributed by atoms with Crippen LogP contribution in [0.5, 0.6) is 0 Å². The molecule has 7 nitrogen and oxygen atoms in total. The molecule has 0 radical (unpaired) electrons. The maximum atomic E-state index is 9.21. The number of furan rings is 1. The number of hydrogen-bond acceptors (Lipinski definition) is 4. The lowest BCUT2D eigenvalue weighted by atomic mass is 10.1. The molecule has 0 spiro atoms. The van der Waals surface area contributed by atoms with Crippen molar-refractivity contribution < 1.29 is 9.90 Å². The topological polar surface area (TPSA) is 66.6 Å². The van der Waals surface area contributed by atoms with Crippen LogP contribution in [0.25, 0.3) is 116 Å². The van der Waals surface area contributed by atoms with Gasteiger partial charge in [0.1, 0.15) is 11.2 Å². The van der Waals surface area contributed by atoms with Gasteiger partial charge in [0.2, 0.25) is 11.9 Å². The Kier molecular flexibility index (Phi) is 5.57. The number of benzene rings is 8. The summed E-state index contributed by atoms with van der Waals surface area (Å²) in [4.78, 5) is 15.7. The van der Waals surface area contributed by atoms with Crippen molar-refractivity contribution in [2.75, 3.05) is 0 Å². The monoisotopic (exact) mass is 746 g/mol. The van der Waals surface area contributed by atoms with Gasteiger partial charge in [0, 0.05) is 49.0 Å². The summed E-state index contributed by atoms with van der Waals surface area (Å²) in [6.45, 7) is 0. The summed E-state index contributed by atoms with van der Waals surface area (Å²) in [7, 11) is 0. The minimum absolute atomic E-state index is 0.119. The first-order chi connectivity index (χ1) is 30.4. The summed E-state index contributed by atoms with van der Waals surface area (Å²) in [5.41, 5.74) is 8.10. The zero-order chi connectivity index (χ0) is 41.4. The lowest BCUT2D eigenvalue weighted by Crippen LogP contribution is -2.10. The zero-order valence-corrected chi connectivity index (χ0v) is 30.6. The van der Waals surface area contributed by atoms with Gasteiger partial charge in [-0.15, -0.1) is 0 Å². The van der Waals surface area contributed by atoms with E-state index in [2.05, 4.69) is 83.4 Å². The van der Waals surface area contributed by atoms with Gasteiger partial charge in [0.05, 0.1) is 44.0 Å². The van der Waals surface area contributed by atoms with Crippen LogP contribution in [-0.4, -0.2) is 28.7 Å². The molecule has 0 saturated heterocycles. The van der Waals surface area contributed by atoms with E-state index in [-0.39, 0.29) is 35.6 Å². The molecule has 0 aliphatic rings. The minimum atomic E-state index is -0.332. The van der Waals surface area contributed by atoms with Gasteiger partial charge >= 0.3 is 0 Å². The molecule has 0 aliphatic heterocycles. The fourth-order valence-electron chi connectivity index (χ4n) is 9.02. The zero-order valence-electron chi connectivity index (χ0n) is 34.6. The van der Waals surface area contributed by atoms with Crippen molar-refractivity contribution in [1.82, 2.24) is 28.7 Å². The van der Waals surface area contributed by atoms with Gasteiger partial charge in [0.15, 0.2) is 5.82 Å². The van der Waals surface area contributed by atoms with Gasteiger partial charge in [-0.3, -0.25) is 9.13 Å². The Bertz CT molecular complexity index is 4010. The van der Waals surface area contributed by atoms with E-state index >= 15 is 0 Å². The molecule has 13 rings (SSSR count). The van der Waals surface area contributed by atoms with Gasteiger partial charge in [-0.2, -0.15) is 15.0 Å². The first kappa shape index (κ1) is 27.5. The Morgan fingerprint density at radius 3 is 1.66 bits per heavy atom. The van der Waals surface area contributed by atoms with Gasteiger partial charge in [0.25, 0.3) is 0 Å². The molecule has 0 aliphatic carbocycles. The van der Waals surface area contributed by atoms with Crippen LogP contribution in [0.2, 0.25) is 0 Å². The molecule has 270 valence electrons. The third kappa shape index (κ3) is 4.30. The highest BCUT2D eigenvalue weighted by Gasteiger charge is 2.22. The maximum absolute atomic E-state index is 9.21. The van der Waals surface area contributed by atoms with Crippen molar-refractivity contribution in [2.24, 2.45) is 0 Å². The smallest absolute Gasteiger partial charge is 0.240 e. The standard InChI is InChI=1S/C51H30N6O/c1-8-23-41-33(16-1)34-17-2-9-24-42(34)56(41)50-52-49(53-51(54-50)57-43-25-10-3-18-35(43)36-19-4-11-26-44(36)57)31-14-13-15-32(30-31)55-40-22-7-5-20-37(40)38-28-29-46-47(48(38)55)39-21-6-12-27-45(39)58-46/h1-30H/i1D,8D,16D,23D. The molecule has 0 saturated carbocycles. The number of nitrogens with zero attached hydrogens (tertiary/aromatic N) is 6. The van der Waals surface area contributed by atoms with Crippen molar-refractivity contribution >= 4 is 87.4 Å². The number of fused-ring (bicyclic) bond motifs is 13. The third-order valence-corrected chi connectivity index (χ3v) is 11.4. The lowest BCUT2D eigenvalue weighted by molar-refractivity contribution is 0.669. The molecule has 0 atom stereocenters. The van der Waals surface area contributed by atoms with Crippen LogP contribution in [0.3, 0.4) is 0 Å². The highest BCUT2D eigenvalue weighted by atomic mass is 16.3. The predicted octanol–water partition coefficient (Wildman–Crippen LogP) is 12.7. The highest BCUT2D eigenvalue weighted by Crippen LogP contribution is 2.41. The predicted molar refractivity (Wildman–Crippen MR) is 236 cm³/mol. The van der Waals surface area contributed by atoms with Gasteiger partial charge in [-0.1, -0.05) is 121 Å². The third-order valence-electron chi connectivity index (χ3n) is 11.4. The second kappa shape index (κ2) is 11.7. The van der Waals surface area contributed by atoms with Crippen LogP contribution in [-0.2, 0) is 0 Å². The summed E-state index contributed by atoms with van der Waals surface area (Å²) in [5.74, 6) is 0.972. The molecule has 0 bridgehead atoms. The molecule has 13 aromatic rings. The van der Waals surface area contributed by atoms with E-state index in [0.717, 1.165) is 76.8 Å². The molecule has 5 heterocycles. The molecule has 0 amide bonds. The largest absolute Gasteiger partial charge is 0.456 e. The molecule has 0 N–H and O–H groups in total. The molecule has 58 heavy (non-hydrogen) atoms. The normalized spacial score (nSPS) is 13.1. The number of hydrogen-bond donors (Lipinski definition) is 0. The van der Waals surface area contributed by atoms with Crippen LogP contribution < -0.4 is 0 Å². The summed E-state index contributed by atoms with van der Waals surface area (Å²) in [6.07, 6.45) is 0. The van der Waals surface area contributed by atoms with Crippen LogP contribution in [0, 0.1) is 0 Å². The van der Waals surface area contributed by atoms with Gasteiger partial charge in [-0.25, -0.2) is 0 Å². The molecule has 5 aromatic heterocycles. The van der Waals surface area contributed by atoms with Crippen molar-refractivity contribution in [3.63, 3.8) is 0 Å². The van der Waals surface area contributed by atoms with E-state index in [1.807, 2.05) is 83.4 Å².